The summed E-state index contributed by atoms with van der Waals surface area (Å²) in [6.07, 6.45) is 6.91. The van der Waals surface area contributed by atoms with Gasteiger partial charge in [0.05, 0.1) is 0 Å². The van der Waals surface area contributed by atoms with E-state index in [2.05, 4.69) is 15.3 Å². The topological polar surface area (TPSA) is 85.8 Å². The van der Waals surface area contributed by atoms with Crippen LogP contribution in [0.2, 0.25) is 0 Å². The maximum absolute atomic E-state index is 11.8. The van der Waals surface area contributed by atoms with Gasteiger partial charge < -0.3 is 11.1 Å². The number of rotatable bonds is 5. The second-order valence-electron chi connectivity index (χ2n) is 4.86. The monoisotopic (exact) mass is 345 g/mol. The van der Waals surface area contributed by atoms with E-state index in [9.17, 15) is 4.79 Å². The summed E-state index contributed by atoms with van der Waals surface area (Å²) >= 11 is 0. The van der Waals surface area contributed by atoms with Crippen molar-refractivity contribution in [3.8, 4) is 5.82 Å². The summed E-state index contributed by atoms with van der Waals surface area (Å²) in [5.74, 6) is 0.528. The number of carbonyl (C=O) groups excluding carboxylic acids is 1. The van der Waals surface area contributed by atoms with Crippen LogP contribution in [0.3, 0.4) is 0 Å². The molecule has 0 aliphatic carbocycles. The zero-order valence-corrected chi connectivity index (χ0v) is 14.1. The fourth-order valence-corrected chi connectivity index (χ4v) is 1.70. The molecule has 1 amide bonds. The molecule has 2 aromatic heterocycles. The highest BCUT2D eigenvalue weighted by Gasteiger charge is 2.16. The van der Waals surface area contributed by atoms with Gasteiger partial charge in [-0.3, -0.25) is 9.36 Å². The summed E-state index contributed by atoms with van der Waals surface area (Å²) in [5, 5.41) is 2.88. The molecule has 2 heterocycles. The lowest BCUT2D eigenvalue weighted by Gasteiger charge is -2.15. The largest absolute Gasteiger partial charge is 0.352 e. The van der Waals surface area contributed by atoms with Crippen LogP contribution in [0, 0.1) is 5.92 Å². The number of hydrogen-bond acceptors (Lipinski definition) is 4. The van der Waals surface area contributed by atoms with E-state index in [1.165, 1.54) is 0 Å². The highest BCUT2D eigenvalue weighted by atomic mass is 35.5. The highest BCUT2D eigenvalue weighted by molar-refractivity contribution is 5.85. The highest BCUT2D eigenvalue weighted by Crippen LogP contribution is 2.07. The molecule has 2 atom stereocenters. The Labute approximate surface area is 142 Å². The molecule has 0 fully saturated rings. The maximum atomic E-state index is 11.8. The van der Waals surface area contributed by atoms with E-state index in [1.54, 1.807) is 18.7 Å². The first-order valence-corrected chi connectivity index (χ1v) is 6.54. The third-order valence-corrected chi connectivity index (χ3v) is 3.25. The van der Waals surface area contributed by atoms with Gasteiger partial charge in [0.2, 0.25) is 5.91 Å². The molecule has 6 nitrogen and oxygen atoms in total. The van der Waals surface area contributed by atoms with Gasteiger partial charge in [0.1, 0.15) is 12.1 Å². The Balaban J connectivity index is 0.00000220. The Morgan fingerprint density at radius 2 is 2.09 bits per heavy atom. The van der Waals surface area contributed by atoms with Crippen LogP contribution in [-0.2, 0) is 11.3 Å². The summed E-state index contributed by atoms with van der Waals surface area (Å²) in [7, 11) is 0. The van der Waals surface area contributed by atoms with E-state index < -0.39 is 0 Å². The minimum Gasteiger partial charge on any atom is -0.352 e. The van der Waals surface area contributed by atoms with Gasteiger partial charge in [0.25, 0.3) is 0 Å². The van der Waals surface area contributed by atoms with Crippen LogP contribution in [0.15, 0.2) is 37.1 Å². The molecule has 0 saturated carbocycles. The predicted molar refractivity (Wildman–Crippen MR) is 90.5 cm³/mol. The Morgan fingerprint density at radius 3 is 2.68 bits per heavy atom. The standard InChI is InChI=1S/C14H19N5O.2ClH/c1-10(11(2)15)14(20)18-8-12-3-4-17-13(7-12)19-6-5-16-9-19;;/h3-7,9-11H,8,15H2,1-2H3,(H,18,20);2*1H. The number of carbonyl (C=O) groups is 1. The Hall–Kier alpha value is -1.63. The number of hydrogen-bond donors (Lipinski definition) is 2. The van der Waals surface area contributed by atoms with Crippen molar-refractivity contribution in [1.82, 2.24) is 19.9 Å². The number of halogens is 2. The van der Waals surface area contributed by atoms with Crippen LogP contribution in [-0.4, -0.2) is 26.5 Å². The predicted octanol–water partition coefficient (Wildman–Crippen LogP) is 1.71. The van der Waals surface area contributed by atoms with Gasteiger partial charge in [-0.15, -0.1) is 24.8 Å². The van der Waals surface area contributed by atoms with E-state index in [0.717, 1.165) is 11.4 Å². The fourth-order valence-electron chi connectivity index (χ4n) is 1.70. The van der Waals surface area contributed by atoms with Gasteiger partial charge >= 0.3 is 0 Å². The molecule has 0 aliphatic rings. The van der Waals surface area contributed by atoms with Gasteiger partial charge in [-0.05, 0) is 24.6 Å². The second-order valence-corrected chi connectivity index (χ2v) is 4.86. The second kappa shape index (κ2) is 9.40. The lowest BCUT2D eigenvalue weighted by molar-refractivity contribution is -0.125. The normalized spacial score (nSPS) is 12.5. The van der Waals surface area contributed by atoms with E-state index in [1.807, 2.05) is 36.7 Å². The van der Waals surface area contributed by atoms with Crippen molar-refractivity contribution in [3.63, 3.8) is 0 Å². The molecular formula is C14H21Cl2N5O. The van der Waals surface area contributed by atoms with Crippen molar-refractivity contribution >= 4 is 30.7 Å². The zero-order valence-electron chi connectivity index (χ0n) is 12.5. The minimum atomic E-state index is -0.204. The molecule has 0 spiro atoms. The Kier molecular flexibility index (Phi) is 8.70. The minimum absolute atomic E-state index is 0. The smallest absolute Gasteiger partial charge is 0.224 e. The van der Waals surface area contributed by atoms with Crippen molar-refractivity contribution in [2.24, 2.45) is 11.7 Å². The van der Waals surface area contributed by atoms with Gasteiger partial charge in [-0.25, -0.2) is 9.97 Å². The molecule has 0 aliphatic heterocycles. The number of nitrogens with two attached hydrogens (primary N) is 1. The van der Waals surface area contributed by atoms with Crippen molar-refractivity contribution in [1.29, 1.82) is 0 Å². The first-order chi connectivity index (χ1) is 9.58. The molecule has 2 rings (SSSR count). The van der Waals surface area contributed by atoms with Crippen LogP contribution in [0.25, 0.3) is 5.82 Å². The third kappa shape index (κ3) is 5.29. The average Bonchev–Trinajstić information content (AvgIpc) is 2.98. The van der Waals surface area contributed by atoms with Crippen molar-refractivity contribution in [3.05, 3.63) is 42.6 Å². The summed E-state index contributed by atoms with van der Waals surface area (Å²) < 4.78 is 1.82. The van der Waals surface area contributed by atoms with Crippen LogP contribution >= 0.6 is 24.8 Å². The van der Waals surface area contributed by atoms with Gasteiger partial charge in [-0.1, -0.05) is 6.92 Å². The number of amides is 1. The number of imidazole rings is 1. The van der Waals surface area contributed by atoms with Crippen molar-refractivity contribution < 1.29 is 4.79 Å². The van der Waals surface area contributed by atoms with E-state index in [-0.39, 0.29) is 42.7 Å². The quantitative estimate of drug-likeness (QED) is 0.863. The first-order valence-electron chi connectivity index (χ1n) is 6.54. The van der Waals surface area contributed by atoms with Gasteiger partial charge in [-0.2, -0.15) is 0 Å². The number of aromatic nitrogens is 3. The summed E-state index contributed by atoms with van der Waals surface area (Å²) in [6.45, 7) is 4.11. The molecule has 0 radical (unpaired) electrons. The number of pyridine rings is 1. The average molecular weight is 346 g/mol. The first kappa shape index (κ1) is 20.4. The third-order valence-electron chi connectivity index (χ3n) is 3.25. The SMILES string of the molecule is CC(N)C(C)C(=O)NCc1ccnc(-n2ccnc2)c1.Cl.Cl. The lowest BCUT2D eigenvalue weighted by Crippen LogP contribution is -2.38. The molecule has 122 valence electrons. The van der Waals surface area contributed by atoms with E-state index in [4.69, 9.17) is 5.73 Å². The number of nitrogens with zero attached hydrogens (tertiary/aromatic N) is 3. The summed E-state index contributed by atoms with van der Waals surface area (Å²) in [6, 6.07) is 3.63. The Bertz CT molecular complexity index is 574. The molecule has 0 aromatic carbocycles. The molecule has 3 N–H and O–H groups in total. The zero-order chi connectivity index (χ0) is 14.5. The lowest BCUT2D eigenvalue weighted by atomic mass is 10.0. The van der Waals surface area contributed by atoms with Crippen LogP contribution in [0.5, 0.6) is 0 Å². The molecule has 22 heavy (non-hydrogen) atoms. The van der Waals surface area contributed by atoms with Crippen molar-refractivity contribution in [2.75, 3.05) is 0 Å². The fraction of sp³-hybridized carbons (Fsp3) is 0.357. The molecule has 2 unspecified atom stereocenters. The van der Waals surface area contributed by atoms with Crippen molar-refractivity contribution in [2.45, 2.75) is 26.4 Å². The maximum Gasteiger partial charge on any atom is 0.224 e. The molecular weight excluding hydrogens is 325 g/mol. The van der Waals surface area contributed by atoms with E-state index >= 15 is 0 Å². The van der Waals surface area contributed by atoms with E-state index in [0.29, 0.717) is 6.54 Å². The molecule has 2 aromatic rings. The summed E-state index contributed by atoms with van der Waals surface area (Å²) in [5.41, 5.74) is 6.69. The molecule has 0 bridgehead atoms. The van der Waals surface area contributed by atoms with Crippen LogP contribution in [0.1, 0.15) is 19.4 Å². The van der Waals surface area contributed by atoms with Gasteiger partial charge in [0.15, 0.2) is 0 Å². The van der Waals surface area contributed by atoms with Crippen LogP contribution < -0.4 is 11.1 Å². The Morgan fingerprint density at radius 1 is 1.36 bits per heavy atom. The number of nitrogens with one attached hydrogen (secondary N) is 1. The molecule has 8 heteroatoms. The van der Waals surface area contributed by atoms with Gasteiger partial charge in [0, 0.05) is 37.1 Å². The molecule has 0 saturated heterocycles. The summed E-state index contributed by atoms with van der Waals surface area (Å²) in [4.78, 5) is 20.1. The van der Waals surface area contributed by atoms with Crippen LogP contribution in [0.4, 0.5) is 0 Å².